The van der Waals surface area contributed by atoms with Gasteiger partial charge < -0.3 is 5.73 Å². The Balaban J connectivity index is 3.06. The maximum atomic E-state index is 11.3. The van der Waals surface area contributed by atoms with E-state index in [2.05, 4.69) is 15.5 Å². The van der Waals surface area contributed by atoms with Crippen LogP contribution in [0.25, 0.3) is 0 Å². The van der Waals surface area contributed by atoms with Gasteiger partial charge in [0.05, 0.1) is 5.75 Å². The van der Waals surface area contributed by atoms with Crippen molar-refractivity contribution >= 4 is 9.84 Å². The lowest BCUT2D eigenvalue weighted by Gasteiger charge is -1.97. The molecule has 0 atom stereocenters. The van der Waals surface area contributed by atoms with E-state index in [4.69, 9.17) is 5.73 Å². The number of sulfone groups is 1. The number of hydrogen-bond acceptors (Lipinski definition) is 6. The first kappa shape index (κ1) is 9.07. The molecule has 1 aromatic rings. The van der Waals surface area contributed by atoms with Crippen molar-refractivity contribution in [2.75, 3.05) is 12.3 Å². The predicted octanol–water partition coefficient (Wildman–Crippen LogP) is -2.06. The largest absolute Gasteiger partial charge is 0.329 e. The monoisotopic (exact) mass is 191 g/mol. The lowest BCUT2D eigenvalue weighted by Crippen LogP contribution is -2.19. The van der Waals surface area contributed by atoms with Crippen LogP contribution >= 0.6 is 0 Å². The highest BCUT2D eigenvalue weighted by atomic mass is 32.2. The highest BCUT2D eigenvalue weighted by Gasteiger charge is 2.19. The average molecular weight is 191 g/mol. The second-order valence-electron chi connectivity index (χ2n) is 2.19. The Labute approximate surface area is 69.5 Å². The molecule has 0 fully saturated rings. The standard InChI is InChI=1S/C4H9N5O2S/c1-9-4(6-7-8-9)12(10,11)3-2-5/h2-3,5H2,1H3. The van der Waals surface area contributed by atoms with E-state index in [1.165, 1.54) is 7.05 Å². The fourth-order valence-corrected chi connectivity index (χ4v) is 1.82. The topological polar surface area (TPSA) is 104 Å². The molecular weight excluding hydrogens is 182 g/mol. The van der Waals surface area contributed by atoms with Crippen molar-refractivity contribution in [3.05, 3.63) is 0 Å². The Morgan fingerprint density at radius 1 is 1.58 bits per heavy atom. The molecule has 2 N–H and O–H groups in total. The number of nitrogens with zero attached hydrogens (tertiary/aromatic N) is 4. The lowest BCUT2D eigenvalue weighted by atomic mass is 10.8. The zero-order valence-corrected chi connectivity index (χ0v) is 7.32. The molecule has 1 aromatic heterocycles. The van der Waals surface area contributed by atoms with Crippen molar-refractivity contribution in [3.8, 4) is 0 Å². The molecule has 0 amide bonds. The van der Waals surface area contributed by atoms with Crippen LogP contribution in [-0.2, 0) is 16.9 Å². The van der Waals surface area contributed by atoms with E-state index in [0.29, 0.717) is 0 Å². The van der Waals surface area contributed by atoms with Gasteiger partial charge in [-0.15, -0.1) is 0 Å². The van der Waals surface area contributed by atoms with Crippen LogP contribution in [-0.4, -0.2) is 40.9 Å². The fraction of sp³-hybridized carbons (Fsp3) is 0.750. The highest BCUT2D eigenvalue weighted by molar-refractivity contribution is 7.91. The van der Waals surface area contributed by atoms with E-state index in [0.717, 1.165) is 4.68 Å². The summed E-state index contributed by atoms with van der Waals surface area (Å²) in [7, 11) is -1.93. The molecule has 0 radical (unpaired) electrons. The summed E-state index contributed by atoms with van der Waals surface area (Å²) in [5.41, 5.74) is 5.11. The quantitative estimate of drug-likeness (QED) is 0.589. The normalized spacial score (nSPS) is 11.8. The third-order valence-corrected chi connectivity index (χ3v) is 2.92. The van der Waals surface area contributed by atoms with Crippen LogP contribution in [0.15, 0.2) is 5.16 Å². The molecular formula is C4H9N5O2S. The summed E-state index contributed by atoms with van der Waals surface area (Å²) in [5, 5.41) is 9.83. The van der Waals surface area contributed by atoms with E-state index in [9.17, 15) is 8.42 Å². The van der Waals surface area contributed by atoms with Crippen LogP contribution in [0.4, 0.5) is 0 Å². The van der Waals surface area contributed by atoms with Gasteiger partial charge in [-0.25, -0.2) is 13.1 Å². The molecule has 0 saturated carbocycles. The van der Waals surface area contributed by atoms with Gasteiger partial charge in [0, 0.05) is 13.6 Å². The summed E-state index contributed by atoms with van der Waals surface area (Å²) in [6.07, 6.45) is 0. The first-order valence-electron chi connectivity index (χ1n) is 3.23. The fourth-order valence-electron chi connectivity index (χ4n) is 0.731. The molecule has 68 valence electrons. The van der Waals surface area contributed by atoms with Gasteiger partial charge in [0.15, 0.2) is 0 Å². The van der Waals surface area contributed by atoms with Gasteiger partial charge in [-0.05, 0) is 10.4 Å². The van der Waals surface area contributed by atoms with Crippen LogP contribution in [0, 0.1) is 0 Å². The van der Waals surface area contributed by atoms with E-state index in [-0.39, 0.29) is 17.5 Å². The van der Waals surface area contributed by atoms with Gasteiger partial charge in [-0.3, -0.25) is 0 Å². The van der Waals surface area contributed by atoms with Crippen molar-refractivity contribution in [3.63, 3.8) is 0 Å². The van der Waals surface area contributed by atoms with Gasteiger partial charge in [-0.2, -0.15) is 0 Å². The lowest BCUT2D eigenvalue weighted by molar-refractivity contribution is 0.569. The van der Waals surface area contributed by atoms with Gasteiger partial charge in [-0.1, -0.05) is 5.10 Å². The summed E-state index contributed by atoms with van der Waals surface area (Å²) in [6, 6.07) is 0. The second-order valence-corrected chi connectivity index (χ2v) is 4.20. The molecule has 1 rings (SSSR count). The highest BCUT2D eigenvalue weighted by Crippen LogP contribution is 2.02. The van der Waals surface area contributed by atoms with Gasteiger partial charge in [0.1, 0.15) is 0 Å². The third kappa shape index (κ3) is 1.59. The van der Waals surface area contributed by atoms with Crippen LogP contribution in [0.1, 0.15) is 0 Å². The Kier molecular flexibility index (Phi) is 2.38. The molecule has 12 heavy (non-hydrogen) atoms. The summed E-state index contributed by atoms with van der Waals surface area (Å²) in [5.74, 6) is -0.138. The van der Waals surface area contributed by atoms with Crippen molar-refractivity contribution in [2.45, 2.75) is 5.16 Å². The summed E-state index contributed by atoms with van der Waals surface area (Å²) < 4.78 is 23.6. The number of rotatable bonds is 3. The number of tetrazole rings is 1. The molecule has 0 bridgehead atoms. The van der Waals surface area contributed by atoms with Crippen molar-refractivity contribution in [1.29, 1.82) is 0 Å². The number of hydrogen-bond donors (Lipinski definition) is 1. The Hall–Kier alpha value is -1.02. The third-order valence-electron chi connectivity index (χ3n) is 1.25. The van der Waals surface area contributed by atoms with Gasteiger partial charge in [0.2, 0.25) is 9.84 Å². The first-order valence-corrected chi connectivity index (χ1v) is 4.88. The minimum absolute atomic E-state index is 0.0647. The second kappa shape index (κ2) is 3.15. The molecule has 1 heterocycles. The maximum absolute atomic E-state index is 11.3. The molecule has 0 saturated heterocycles. The summed E-state index contributed by atoms with van der Waals surface area (Å²) >= 11 is 0. The SMILES string of the molecule is Cn1nnnc1S(=O)(=O)CCN. The Morgan fingerprint density at radius 3 is 2.67 bits per heavy atom. The molecule has 0 unspecified atom stereocenters. The molecule has 0 aromatic carbocycles. The van der Waals surface area contributed by atoms with Crippen molar-refractivity contribution < 1.29 is 8.42 Å². The van der Waals surface area contributed by atoms with Crippen LogP contribution in [0.5, 0.6) is 0 Å². The van der Waals surface area contributed by atoms with Crippen LogP contribution < -0.4 is 5.73 Å². The molecule has 0 spiro atoms. The molecule has 0 aliphatic rings. The van der Waals surface area contributed by atoms with Crippen LogP contribution in [0.3, 0.4) is 0 Å². The summed E-state index contributed by atoms with van der Waals surface area (Å²) in [6.45, 7) is 0.0647. The van der Waals surface area contributed by atoms with Crippen LogP contribution in [0.2, 0.25) is 0 Å². The number of aromatic nitrogens is 4. The first-order chi connectivity index (χ1) is 5.58. The predicted molar refractivity (Wildman–Crippen MR) is 39.9 cm³/mol. The Morgan fingerprint density at radius 2 is 2.25 bits per heavy atom. The zero-order chi connectivity index (χ0) is 9.19. The van der Waals surface area contributed by atoms with Gasteiger partial charge in [0.25, 0.3) is 5.16 Å². The van der Waals surface area contributed by atoms with E-state index < -0.39 is 9.84 Å². The average Bonchev–Trinajstić information content (AvgIpc) is 2.35. The van der Waals surface area contributed by atoms with E-state index in [1.807, 2.05) is 0 Å². The number of aryl methyl sites for hydroxylation is 1. The Bertz CT molecular complexity index is 355. The molecule has 7 nitrogen and oxygen atoms in total. The molecule has 0 aliphatic carbocycles. The molecule has 0 aliphatic heterocycles. The van der Waals surface area contributed by atoms with E-state index in [1.54, 1.807) is 0 Å². The zero-order valence-electron chi connectivity index (χ0n) is 6.51. The maximum Gasteiger partial charge on any atom is 0.267 e. The van der Waals surface area contributed by atoms with E-state index >= 15 is 0 Å². The minimum atomic E-state index is -3.40. The smallest absolute Gasteiger partial charge is 0.267 e. The van der Waals surface area contributed by atoms with Crippen molar-refractivity contribution in [2.24, 2.45) is 12.8 Å². The summed E-state index contributed by atoms with van der Waals surface area (Å²) in [4.78, 5) is 0. The van der Waals surface area contributed by atoms with Gasteiger partial charge >= 0.3 is 0 Å². The molecule has 8 heteroatoms. The number of nitrogens with two attached hydrogens (primary N) is 1. The van der Waals surface area contributed by atoms with Crippen molar-refractivity contribution in [1.82, 2.24) is 20.2 Å². The minimum Gasteiger partial charge on any atom is -0.329 e.